The van der Waals surface area contributed by atoms with Crippen molar-refractivity contribution in [3.63, 3.8) is 0 Å². The lowest BCUT2D eigenvalue weighted by Gasteiger charge is -2.07. The van der Waals surface area contributed by atoms with Gasteiger partial charge < -0.3 is 9.72 Å². The molecule has 1 N–H and O–H groups in total. The maximum Gasteiger partial charge on any atom is 0.200 e. The molecule has 0 aliphatic carbocycles. The first kappa shape index (κ1) is 11.3. The minimum absolute atomic E-state index is 0.356. The molecular weight excluding hydrogens is 247 g/mol. The van der Waals surface area contributed by atoms with Gasteiger partial charge in [-0.1, -0.05) is 11.6 Å². The lowest BCUT2D eigenvalue weighted by atomic mass is 10.1. The predicted molar refractivity (Wildman–Crippen MR) is 65.3 cm³/mol. The van der Waals surface area contributed by atoms with E-state index in [1.165, 1.54) is 0 Å². The number of H-pyrrole nitrogens is 1. The molecule has 1 aromatic heterocycles. The van der Waals surface area contributed by atoms with E-state index < -0.39 is 0 Å². The highest BCUT2D eigenvalue weighted by Gasteiger charge is 2.13. The fraction of sp³-hybridized carbons (Fsp3) is 0.182. The monoisotopic (exact) mass is 256 g/mol. The first-order chi connectivity index (χ1) is 7.61. The first-order valence-corrected chi connectivity index (χ1v) is 5.43. The fourth-order valence-corrected chi connectivity index (χ4v) is 1.95. The second-order valence-corrected chi connectivity index (χ2v) is 4.14. The topological polar surface area (TPSA) is 37.9 Å². The molecule has 0 atom stereocenters. The van der Waals surface area contributed by atoms with Gasteiger partial charge in [0.05, 0.1) is 12.8 Å². The zero-order chi connectivity index (χ0) is 11.7. The Kier molecular flexibility index (Phi) is 3.08. The molecule has 0 saturated heterocycles. The molecule has 0 aliphatic rings. The molecule has 2 aromatic rings. The van der Waals surface area contributed by atoms with Gasteiger partial charge in [-0.05, 0) is 36.7 Å². The third-order valence-corrected chi connectivity index (χ3v) is 2.69. The molecule has 0 fully saturated rings. The quantitative estimate of drug-likeness (QED) is 0.890. The summed E-state index contributed by atoms with van der Waals surface area (Å²) in [5, 5.41) is 0.990. The number of aryl methyl sites for hydroxylation is 1. The second kappa shape index (κ2) is 4.36. The normalized spacial score (nSPS) is 10.5. The maximum absolute atomic E-state index is 5.96. The van der Waals surface area contributed by atoms with E-state index in [4.69, 9.17) is 27.9 Å². The van der Waals surface area contributed by atoms with Crippen LogP contribution < -0.4 is 4.74 Å². The van der Waals surface area contributed by atoms with Crippen LogP contribution in [0.15, 0.2) is 18.2 Å². The van der Waals surface area contributed by atoms with Gasteiger partial charge >= 0.3 is 0 Å². The number of hydrogen-bond acceptors (Lipinski definition) is 2. The number of nitrogens with one attached hydrogen (secondary N) is 1. The van der Waals surface area contributed by atoms with Crippen molar-refractivity contribution in [1.29, 1.82) is 0 Å². The molecule has 0 unspecified atom stereocenters. The van der Waals surface area contributed by atoms with Crippen LogP contribution in [0, 0.1) is 6.92 Å². The Bertz CT molecular complexity index is 523. The zero-order valence-corrected chi connectivity index (χ0v) is 10.4. The number of ether oxygens (including phenoxy) is 1. The second-order valence-electron chi connectivity index (χ2n) is 3.35. The molecule has 1 aromatic carbocycles. The van der Waals surface area contributed by atoms with E-state index in [2.05, 4.69) is 9.97 Å². The van der Waals surface area contributed by atoms with E-state index in [1.54, 1.807) is 25.3 Å². The molecule has 0 radical (unpaired) electrons. The van der Waals surface area contributed by atoms with Crippen molar-refractivity contribution in [2.24, 2.45) is 0 Å². The molecule has 0 spiro atoms. The maximum atomic E-state index is 5.96. The Labute approximate surface area is 103 Å². The van der Waals surface area contributed by atoms with Gasteiger partial charge in [-0.15, -0.1) is 0 Å². The zero-order valence-electron chi connectivity index (χ0n) is 8.84. The molecule has 0 amide bonds. The van der Waals surface area contributed by atoms with Crippen LogP contribution in [0.4, 0.5) is 0 Å². The summed E-state index contributed by atoms with van der Waals surface area (Å²) in [6, 6.07) is 5.38. The minimum Gasteiger partial charge on any atom is -0.496 e. The summed E-state index contributed by atoms with van der Waals surface area (Å²) >= 11 is 11.8. The van der Waals surface area contributed by atoms with E-state index in [-0.39, 0.29) is 0 Å². The van der Waals surface area contributed by atoms with E-state index in [0.717, 1.165) is 22.7 Å². The SMILES string of the molecule is COc1ccc(Cl)cc1-c1nc(Cl)[nH]c1C. The number of nitrogens with zero attached hydrogens (tertiary/aromatic N) is 1. The fourth-order valence-electron chi connectivity index (χ4n) is 1.55. The van der Waals surface area contributed by atoms with Crippen LogP contribution in [0.5, 0.6) is 5.75 Å². The average Bonchev–Trinajstić information content (AvgIpc) is 2.57. The first-order valence-electron chi connectivity index (χ1n) is 4.68. The standard InChI is InChI=1S/C11H10Cl2N2O/c1-6-10(15-11(13)14-6)8-5-7(12)3-4-9(8)16-2/h3-5H,1-2H3,(H,14,15). The van der Waals surface area contributed by atoms with Crippen LogP contribution in [-0.4, -0.2) is 17.1 Å². The van der Waals surface area contributed by atoms with Gasteiger partial charge in [0.1, 0.15) is 5.75 Å². The molecule has 5 heteroatoms. The van der Waals surface area contributed by atoms with Gasteiger partial charge in [-0.25, -0.2) is 4.98 Å². The van der Waals surface area contributed by atoms with Gasteiger partial charge in [0.15, 0.2) is 0 Å². The molecule has 0 aliphatic heterocycles. The van der Waals surface area contributed by atoms with Crippen LogP contribution in [0.2, 0.25) is 10.3 Å². The number of rotatable bonds is 2. The van der Waals surface area contributed by atoms with E-state index in [0.29, 0.717) is 10.3 Å². The van der Waals surface area contributed by atoms with Crippen LogP contribution in [0.1, 0.15) is 5.69 Å². The van der Waals surface area contributed by atoms with Crippen molar-refractivity contribution in [3.05, 3.63) is 34.2 Å². The van der Waals surface area contributed by atoms with E-state index in [9.17, 15) is 0 Å². The summed E-state index contributed by atoms with van der Waals surface area (Å²) in [6.07, 6.45) is 0. The highest BCUT2D eigenvalue weighted by molar-refractivity contribution is 6.31. The Morgan fingerprint density at radius 2 is 2.06 bits per heavy atom. The molecule has 0 saturated carbocycles. The molecule has 2 rings (SSSR count). The van der Waals surface area contributed by atoms with Crippen molar-refractivity contribution in [1.82, 2.24) is 9.97 Å². The number of hydrogen-bond donors (Lipinski definition) is 1. The summed E-state index contributed by atoms with van der Waals surface area (Å²) < 4.78 is 5.26. The predicted octanol–water partition coefficient (Wildman–Crippen LogP) is 3.70. The van der Waals surface area contributed by atoms with Crippen molar-refractivity contribution in [2.75, 3.05) is 7.11 Å². The van der Waals surface area contributed by atoms with Gasteiger partial charge in [0.25, 0.3) is 0 Å². The van der Waals surface area contributed by atoms with Crippen molar-refractivity contribution >= 4 is 23.2 Å². The third kappa shape index (κ3) is 2.01. The molecule has 16 heavy (non-hydrogen) atoms. The summed E-state index contributed by atoms with van der Waals surface area (Å²) in [6.45, 7) is 1.90. The van der Waals surface area contributed by atoms with Gasteiger partial charge in [0, 0.05) is 16.3 Å². The average molecular weight is 257 g/mol. The number of imidazole rings is 1. The lowest BCUT2D eigenvalue weighted by molar-refractivity contribution is 0.416. The Hall–Kier alpha value is -1.19. The van der Waals surface area contributed by atoms with Crippen LogP contribution in [-0.2, 0) is 0 Å². The van der Waals surface area contributed by atoms with Crippen molar-refractivity contribution in [3.8, 4) is 17.0 Å². The highest BCUT2D eigenvalue weighted by atomic mass is 35.5. The number of methoxy groups -OCH3 is 1. The lowest BCUT2D eigenvalue weighted by Crippen LogP contribution is -1.89. The highest BCUT2D eigenvalue weighted by Crippen LogP contribution is 2.33. The molecule has 84 valence electrons. The summed E-state index contributed by atoms with van der Waals surface area (Å²) in [7, 11) is 1.61. The van der Waals surface area contributed by atoms with Crippen LogP contribution in [0.25, 0.3) is 11.3 Å². The van der Waals surface area contributed by atoms with Crippen molar-refractivity contribution < 1.29 is 4.74 Å². The number of benzene rings is 1. The van der Waals surface area contributed by atoms with E-state index in [1.807, 2.05) is 6.92 Å². The summed E-state index contributed by atoms with van der Waals surface area (Å²) in [4.78, 5) is 7.13. The Morgan fingerprint density at radius 3 is 2.62 bits per heavy atom. The van der Waals surface area contributed by atoms with Gasteiger partial charge in [0.2, 0.25) is 5.28 Å². The minimum atomic E-state index is 0.356. The third-order valence-electron chi connectivity index (χ3n) is 2.27. The largest absolute Gasteiger partial charge is 0.496 e. The number of halogens is 2. The Balaban J connectivity index is 2.62. The van der Waals surface area contributed by atoms with Crippen molar-refractivity contribution in [2.45, 2.75) is 6.92 Å². The smallest absolute Gasteiger partial charge is 0.200 e. The van der Waals surface area contributed by atoms with E-state index >= 15 is 0 Å². The molecule has 3 nitrogen and oxygen atoms in total. The van der Waals surface area contributed by atoms with Gasteiger partial charge in [-0.2, -0.15) is 0 Å². The molecular formula is C11H10Cl2N2O. The molecule has 1 heterocycles. The summed E-state index contributed by atoms with van der Waals surface area (Å²) in [5.74, 6) is 0.718. The Morgan fingerprint density at radius 1 is 1.31 bits per heavy atom. The van der Waals surface area contributed by atoms with Crippen LogP contribution >= 0.6 is 23.2 Å². The molecule has 0 bridgehead atoms. The summed E-state index contributed by atoms with van der Waals surface area (Å²) in [5.41, 5.74) is 2.46. The van der Waals surface area contributed by atoms with Crippen LogP contribution in [0.3, 0.4) is 0 Å². The number of aromatic nitrogens is 2. The number of aromatic amines is 1. The van der Waals surface area contributed by atoms with Gasteiger partial charge in [-0.3, -0.25) is 0 Å².